The molecule has 1 aromatic heterocycles. The second-order valence-electron chi connectivity index (χ2n) is 16.7. The summed E-state index contributed by atoms with van der Waals surface area (Å²) in [5.74, 6) is 0. The Kier molecular flexibility index (Phi) is 6.62. The summed E-state index contributed by atoms with van der Waals surface area (Å²) in [4.78, 5) is 0. The van der Waals surface area contributed by atoms with E-state index in [1.165, 1.54) is 131 Å². The van der Waals surface area contributed by atoms with Crippen LogP contribution in [0.1, 0.15) is 0 Å². The van der Waals surface area contributed by atoms with Crippen LogP contribution < -0.4 is 0 Å². The molecule has 0 saturated heterocycles. The van der Waals surface area contributed by atoms with Gasteiger partial charge in [0.15, 0.2) is 0 Å². The summed E-state index contributed by atoms with van der Waals surface area (Å²) in [6.07, 6.45) is 0. The fourth-order valence-corrected chi connectivity index (χ4v) is 11.1. The van der Waals surface area contributed by atoms with Gasteiger partial charge in [0.25, 0.3) is 0 Å². The molecule has 1 nitrogen and oxygen atoms in total. The van der Waals surface area contributed by atoms with Gasteiger partial charge in [-0.2, -0.15) is 0 Å². The molecule has 0 unspecified atom stereocenters. The molecule has 0 amide bonds. The number of rotatable bonds is 1. The maximum atomic E-state index is 2.51. The van der Waals surface area contributed by atoms with E-state index in [2.05, 4.69) is 217 Å². The molecule has 280 valence electrons. The quantitative estimate of drug-likeness (QED) is 0.147. The maximum absolute atomic E-state index is 2.51. The van der Waals surface area contributed by atoms with Gasteiger partial charge in [0.2, 0.25) is 0 Å². The van der Waals surface area contributed by atoms with Crippen LogP contribution in [0.3, 0.4) is 0 Å². The lowest BCUT2D eigenvalue weighted by Crippen LogP contribution is -2.01. The van der Waals surface area contributed by atoms with Crippen LogP contribution >= 0.6 is 0 Å². The van der Waals surface area contributed by atoms with Crippen molar-refractivity contribution in [1.82, 2.24) is 4.57 Å². The highest BCUT2D eigenvalue weighted by molar-refractivity contribution is 6.29. The fraction of sp³-hybridized carbons (Fsp3) is 0. The van der Waals surface area contributed by atoms with Crippen LogP contribution in [0.15, 0.2) is 212 Å². The molecule has 14 rings (SSSR count). The molecule has 1 aliphatic rings. The van der Waals surface area contributed by atoms with E-state index in [1.807, 2.05) is 0 Å². The molecule has 12 aromatic carbocycles. The Morgan fingerprint density at radius 3 is 0.820 bits per heavy atom. The highest BCUT2D eigenvalue weighted by Gasteiger charge is 2.26. The topological polar surface area (TPSA) is 4.93 Å². The van der Waals surface area contributed by atoms with Gasteiger partial charge in [-0.3, -0.25) is 0 Å². The van der Waals surface area contributed by atoms with Crippen molar-refractivity contribution in [3.63, 3.8) is 0 Å². The summed E-state index contributed by atoms with van der Waals surface area (Å²) in [5.41, 5.74) is 13.5. The Morgan fingerprint density at radius 1 is 0.180 bits per heavy atom. The zero-order valence-electron chi connectivity index (χ0n) is 33.2. The maximum Gasteiger partial charge on any atom is 0.0541 e. The second kappa shape index (κ2) is 12.3. The van der Waals surface area contributed by atoms with E-state index in [0.717, 1.165) is 5.69 Å². The molecular weight excluding hydrogens is 735 g/mol. The van der Waals surface area contributed by atoms with Crippen molar-refractivity contribution in [2.45, 2.75) is 0 Å². The van der Waals surface area contributed by atoms with E-state index < -0.39 is 0 Å². The van der Waals surface area contributed by atoms with Gasteiger partial charge in [-0.05, 0) is 158 Å². The van der Waals surface area contributed by atoms with E-state index in [4.69, 9.17) is 0 Å². The number of nitrogens with zero attached hydrogens (tertiary/aromatic N) is 1. The summed E-state index contributed by atoms with van der Waals surface area (Å²) in [5, 5.41) is 17.9. The zero-order chi connectivity index (χ0) is 39.8. The van der Waals surface area contributed by atoms with Gasteiger partial charge in [0.05, 0.1) is 11.0 Å². The van der Waals surface area contributed by atoms with Crippen molar-refractivity contribution in [2.75, 3.05) is 0 Å². The SMILES string of the molecule is c1ccc2c(c1)-c1cc3c4ccccc4c4ccccc4c3cc1-c1ccc(-n3c4ccccc4c4ccccc43)cc1-c1cc3c4ccccc4c4ccccc4c3cc1-2. The molecule has 1 heterocycles. The average Bonchev–Trinajstić information content (AvgIpc) is 3.67. The monoisotopic (exact) mass is 769 g/mol. The lowest BCUT2D eigenvalue weighted by atomic mass is 9.78. The van der Waals surface area contributed by atoms with Crippen molar-refractivity contribution in [1.29, 1.82) is 0 Å². The Bertz CT molecular complexity index is 3950. The zero-order valence-corrected chi connectivity index (χ0v) is 33.2. The summed E-state index contributed by atoms with van der Waals surface area (Å²) >= 11 is 0. The van der Waals surface area contributed by atoms with E-state index in [9.17, 15) is 0 Å². The van der Waals surface area contributed by atoms with Gasteiger partial charge in [-0.25, -0.2) is 0 Å². The van der Waals surface area contributed by atoms with E-state index in [1.54, 1.807) is 0 Å². The first-order valence-corrected chi connectivity index (χ1v) is 21.3. The molecule has 0 radical (unpaired) electrons. The third-order valence-corrected chi connectivity index (χ3v) is 13.7. The first-order chi connectivity index (χ1) is 30.3. The standard InChI is InChI=1S/C60H35N/c1-5-19-41-37(15-1)38-16-3-7-21-43(38)53-34-57-47-30-29-36(61-59-27-13-11-25-48(59)49-26-12-14-28-60(49)61)31-50(47)58-35-55-44-22-8-4-18-40(44)39-17-2-6-20-42(39)52(55)33-56(58)46-24-10-9-23-45(46)54(57)32-51(41)53/h1-35H. The van der Waals surface area contributed by atoms with Crippen molar-refractivity contribution >= 4 is 86.4 Å². The number of hydrogen-bond donors (Lipinski definition) is 0. The van der Waals surface area contributed by atoms with Gasteiger partial charge < -0.3 is 4.57 Å². The highest BCUT2D eigenvalue weighted by atomic mass is 15.0. The Balaban J connectivity index is 1.18. The Labute approximate surface area is 352 Å². The molecule has 0 fully saturated rings. The summed E-state index contributed by atoms with van der Waals surface area (Å²) < 4.78 is 2.46. The molecular formula is C60H35N. The predicted molar refractivity (Wildman–Crippen MR) is 261 cm³/mol. The minimum absolute atomic E-state index is 1.15. The van der Waals surface area contributed by atoms with Crippen molar-refractivity contribution in [3.05, 3.63) is 212 Å². The number of para-hydroxylation sites is 2. The number of hydrogen-bond acceptors (Lipinski definition) is 0. The van der Waals surface area contributed by atoms with Crippen LogP contribution in [0.2, 0.25) is 0 Å². The number of fused-ring (bicyclic) bond motifs is 23. The first-order valence-electron chi connectivity index (χ1n) is 21.3. The summed E-state index contributed by atoms with van der Waals surface area (Å²) in [6, 6.07) is 79.8. The summed E-state index contributed by atoms with van der Waals surface area (Å²) in [7, 11) is 0. The van der Waals surface area contributed by atoms with E-state index in [0.29, 0.717) is 0 Å². The molecule has 1 aliphatic carbocycles. The van der Waals surface area contributed by atoms with Gasteiger partial charge in [-0.15, -0.1) is 0 Å². The van der Waals surface area contributed by atoms with Gasteiger partial charge >= 0.3 is 0 Å². The van der Waals surface area contributed by atoms with E-state index in [-0.39, 0.29) is 0 Å². The largest absolute Gasteiger partial charge is 0.309 e. The molecule has 61 heavy (non-hydrogen) atoms. The third-order valence-electron chi connectivity index (χ3n) is 13.7. The third kappa shape index (κ3) is 4.50. The van der Waals surface area contributed by atoms with Crippen molar-refractivity contribution in [3.8, 4) is 50.2 Å². The van der Waals surface area contributed by atoms with Crippen LogP contribution in [-0.2, 0) is 0 Å². The normalized spacial score (nSPS) is 12.3. The molecule has 0 saturated carbocycles. The van der Waals surface area contributed by atoms with E-state index >= 15 is 0 Å². The van der Waals surface area contributed by atoms with Gasteiger partial charge in [0, 0.05) is 16.5 Å². The highest BCUT2D eigenvalue weighted by Crippen LogP contribution is 2.52. The number of benzene rings is 12. The molecule has 13 aromatic rings. The average molecular weight is 770 g/mol. The molecule has 0 N–H and O–H groups in total. The molecule has 0 spiro atoms. The number of aromatic nitrogens is 1. The predicted octanol–water partition coefficient (Wildman–Crippen LogP) is 16.7. The van der Waals surface area contributed by atoms with Crippen LogP contribution in [0.4, 0.5) is 0 Å². The van der Waals surface area contributed by atoms with Crippen molar-refractivity contribution < 1.29 is 0 Å². The van der Waals surface area contributed by atoms with Crippen LogP contribution in [0.5, 0.6) is 0 Å². The van der Waals surface area contributed by atoms with Gasteiger partial charge in [0.1, 0.15) is 0 Å². The second-order valence-corrected chi connectivity index (χ2v) is 16.7. The van der Waals surface area contributed by atoms with Crippen LogP contribution in [-0.4, -0.2) is 4.57 Å². The summed E-state index contributed by atoms with van der Waals surface area (Å²) in [6.45, 7) is 0. The minimum Gasteiger partial charge on any atom is -0.309 e. The minimum atomic E-state index is 1.15. The fourth-order valence-electron chi connectivity index (χ4n) is 11.1. The lowest BCUT2D eigenvalue weighted by molar-refractivity contribution is 1.18. The van der Waals surface area contributed by atoms with Crippen LogP contribution in [0.25, 0.3) is 137 Å². The molecule has 0 atom stereocenters. The van der Waals surface area contributed by atoms with Crippen LogP contribution in [0, 0.1) is 0 Å². The lowest BCUT2D eigenvalue weighted by Gasteiger charge is -2.26. The molecule has 0 aliphatic heterocycles. The van der Waals surface area contributed by atoms with Crippen molar-refractivity contribution in [2.24, 2.45) is 0 Å². The molecule has 1 heteroatoms. The first kappa shape index (κ1) is 32.9. The Hall–Kier alpha value is -8.00. The smallest absolute Gasteiger partial charge is 0.0541 e. The van der Waals surface area contributed by atoms with Gasteiger partial charge in [-0.1, -0.05) is 164 Å². The Morgan fingerprint density at radius 2 is 0.443 bits per heavy atom. The molecule has 0 bridgehead atoms.